The van der Waals surface area contributed by atoms with Crippen LogP contribution in [0.25, 0.3) is 0 Å². The lowest BCUT2D eigenvalue weighted by molar-refractivity contribution is -0.161. The highest BCUT2D eigenvalue weighted by molar-refractivity contribution is 7.47. The van der Waals surface area contributed by atoms with Crippen molar-refractivity contribution in [3.05, 3.63) is 48.6 Å². The Hall–Kier alpha value is -2.98. The van der Waals surface area contributed by atoms with Gasteiger partial charge in [-0.05, 0) is 109 Å². The molecule has 2 unspecified atom stereocenters. The van der Waals surface area contributed by atoms with Crippen LogP contribution in [0.4, 0.5) is 0 Å². The summed E-state index contributed by atoms with van der Waals surface area (Å²) >= 11 is 0. The van der Waals surface area contributed by atoms with Crippen LogP contribution in [-0.4, -0.2) is 96.7 Å². The van der Waals surface area contributed by atoms with E-state index in [-0.39, 0.29) is 25.7 Å². The van der Waals surface area contributed by atoms with Gasteiger partial charge in [-0.15, -0.1) is 0 Å². The lowest BCUT2D eigenvalue weighted by atomic mass is 10.0. The van der Waals surface area contributed by atoms with Crippen molar-refractivity contribution in [1.82, 2.24) is 0 Å². The number of rotatable bonds is 80. The van der Waals surface area contributed by atoms with E-state index in [9.17, 15) is 43.2 Å². The molecule has 0 aromatic heterocycles. The van der Waals surface area contributed by atoms with Crippen LogP contribution in [0.5, 0.6) is 0 Å². The van der Waals surface area contributed by atoms with Crippen LogP contribution in [0.1, 0.15) is 400 Å². The molecule has 0 radical (unpaired) electrons. The number of esters is 4. The van der Waals surface area contributed by atoms with Crippen molar-refractivity contribution in [1.29, 1.82) is 0 Å². The average molecular weight is 1490 g/mol. The van der Waals surface area contributed by atoms with Crippen molar-refractivity contribution in [2.45, 2.75) is 418 Å². The minimum Gasteiger partial charge on any atom is -0.462 e. The molecule has 598 valence electrons. The maximum absolute atomic E-state index is 13.1. The van der Waals surface area contributed by atoms with Gasteiger partial charge in [0.1, 0.15) is 19.3 Å². The van der Waals surface area contributed by atoms with E-state index in [1.807, 2.05) is 0 Å². The molecule has 0 bridgehead atoms. The van der Waals surface area contributed by atoms with Crippen LogP contribution in [-0.2, 0) is 65.4 Å². The summed E-state index contributed by atoms with van der Waals surface area (Å²) in [5.41, 5.74) is 0. The molecule has 17 nitrogen and oxygen atoms in total. The van der Waals surface area contributed by atoms with Crippen molar-refractivity contribution in [2.75, 3.05) is 39.6 Å². The fourth-order valence-corrected chi connectivity index (χ4v) is 13.4. The van der Waals surface area contributed by atoms with E-state index in [1.54, 1.807) is 0 Å². The summed E-state index contributed by atoms with van der Waals surface area (Å²) in [6.07, 6.45) is 75.0. The minimum atomic E-state index is -4.98. The van der Waals surface area contributed by atoms with Crippen molar-refractivity contribution >= 4 is 39.5 Å². The Labute approximate surface area is 623 Å². The molecule has 0 spiro atoms. The van der Waals surface area contributed by atoms with Crippen LogP contribution in [0.3, 0.4) is 0 Å². The first-order valence-corrected chi connectivity index (χ1v) is 44.9. The molecule has 19 heteroatoms. The Morgan fingerprint density at radius 3 is 0.755 bits per heavy atom. The molecule has 0 aliphatic rings. The highest BCUT2D eigenvalue weighted by atomic mass is 31.2. The van der Waals surface area contributed by atoms with Gasteiger partial charge < -0.3 is 33.8 Å². The monoisotopic (exact) mass is 1490 g/mol. The molecule has 0 rings (SSSR count). The summed E-state index contributed by atoms with van der Waals surface area (Å²) in [6, 6.07) is 0. The number of phosphoric ester groups is 2. The highest BCUT2D eigenvalue weighted by Gasteiger charge is 2.30. The van der Waals surface area contributed by atoms with E-state index in [0.717, 1.165) is 141 Å². The summed E-state index contributed by atoms with van der Waals surface area (Å²) in [7, 11) is -9.95. The van der Waals surface area contributed by atoms with E-state index in [2.05, 4.69) is 76.3 Å². The number of aliphatic hydroxyl groups excluding tert-OH is 1. The third-order valence-electron chi connectivity index (χ3n) is 18.3. The molecule has 0 aromatic rings. The van der Waals surface area contributed by atoms with Gasteiger partial charge >= 0.3 is 39.5 Å². The molecule has 0 heterocycles. The van der Waals surface area contributed by atoms with E-state index in [4.69, 9.17) is 37.0 Å². The molecule has 0 saturated carbocycles. The van der Waals surface area contributed by atoms with Gasteiger partial charge in [-0.1, -0.05) is 314 Å². The van der Waals surface area contributed by atoms with Crippen molar-refractivity contribution in [3.63, 3.8) is 0 Å². The maximum Gasteiger partial charge on any atom is 0.472 e. The molecular weight excluding hydrogens is 1330 g/mol. The number of unbranched alkanes of at least 4 members (excludes halogenated alkanes) is 46. The van der Waals surface area contributed by atoms with E-state index < -0.39 is 97.5 Å². The van der Waals surface area contributed by atoms with E-state index >= 15 is 0 Å². The second kappa shape index (κ2) is 76.2. The number of hydrogen-bond acceptors (Lipinski definition) is 15. The van der Waals surface area contributed by atoms with Crippen LogP contribution in [0.15, 0.2) is 48.6 Å². The zero-order chi connectivity index (χ0) is 74.6. The Bertz CT molecular complexity index is 2120. The fraction of sp³-hybridized carbons (Fsp3) is 0.855. The average Bonchev–Trinajstić information content (AvgIpc) is 2.02. The Kier molecular flexibility index (Phi) is 74.0. The first-order chi connectivity index (χ1) is 49.7. The number of hydrogen-bond donors (Lipinski definition) is 3. The summed E-state index contributed by atoms with van der Waals surface area (Å²) in [6.45, 7) is 4.91. The largest absolute Gasteiger partial charge is 0.472 e. The topological polar surface area (TPSA) is 237 Å². The Balaban J connectivity index is 5.33. The zero-order valence-electron chi connectivity index (χ0n) is 65.6. The smallest absolute Gasteiger partial charge is 0.462 e. The Morgan fingerprint density at radius 2 is 0.480 bits per heavy atom. The molecule has 0 aromatic carbocycles. The normalized spacial score (nSPS) is 14.1. The first-order valence-electron chi connectivity index (χ1n) is 41.9. The summed E-state index contributed by atoms with van der Waals surface area (Å²) in [5.74, 6) is -2.17. The molecule has 0 fully saturated rings. The minimum absolute atomic E-state index is 0.0822. The summed E-state index contributed by atoms with van der Waals surface area (Å²) in [4.78, 5) is 73.1. The van der Waals surface area contributed by atoms with E-state index in [1.165, 1.54) is 180 Å². The van der Waals surface area contributed by atoms with Gasteiger partial charge in [0.15, 0.2) is 12.2 Å². The van der Waals surface area contributed by atoms with Gasteiger partial charge in [-0.25, -0.2) is 9.13 Å². The quantitative estimate of drug-likeness (QED) is 0.0169. The van der Waals surface area contributed by atoms with Crippen molar-refractivity contribution in [3.8, 4) is 0 Å². The zero-order valence-corrected chi connectivity index (χ0v) is 67.3. The fourth-order valence-electron chi connectivity index (χ4n) is 11.8. The number of aliphatic hydroxyl groups is 1. The number of allylic oxidation sites excluding steroid dienone is 8. The van der Waals surface area contributed by atoms with Crippen LogP contribution in [0.2, 0.25) is 0 Å². The van der Waals surface area contributed by atoms with Crippen LogP contribution >= 0.6 is 15.6 Å². The third kappa shape index (κ3) is 75.3. The van der Waals surface area contributed by atoms with E-state index in [0.29, 0.717) is 25.7 Å². The molecule has 3 N–H and O–H groups in total. The second-order valence-corrected chi connectivity index (χ2v) is 31.3. The number of carbonyl (C=O) groups excluding carboxylic acids is 4. The molecule has 102 heavy (non-hydrogen) atoms. The van der Waals surface area contributed by atoms with Crippen molar-refractivity contribution in [2.24, 2.45) is 0 Å². The van der Waals surface area contributed by atoms with Gasteiger partial charge in [0.05, 0.1) is 26.4 Å². The molecular formula is C83H154O17P2. The molecule has 0 aliphatic heterocycles. The lowest BCUT2D eigenvalue weighted by Gasteiger charge is -2.21. The number of phosphoric acid groups is 2. The predicted molar refractivity (Wildman–Crippen MR) is 418 cm³/mol. The standard InChI is InChI=1S/C83H154O17P2/c1-5-9-13-17-21-25-29-33-37-38-42-44-48-52-56-60-64-68-81(86)94-74-79(100-83(88)70-66-62-58-54-50-46-41-36-32-28-24-20-16-12-8-4)76-98-102(91,92)96-72-77(84)71-95-101(89,90)97-75-78(99-82(87)69-65-61-57-53-49-45-40-35-31-27-23-19-15-11-7-3)73-93-80(85)67-63-59-55-51-47-43-39-34-30-26-22-18-14-10-6-2/h23,27,34-36,39-41,77-79,84H,5-22,24-26,28-33,37-38,42-76H2,1-4H3,(H,89,90)(H,91,92)/b27-23-,39-34-,40-35-,41-36-/t77-,78-,79-/m1/s1. The summed E-state index contributed by atoms with van der Waals surface area (Å²) in [5, 5.41) is 10.7. The van der Waals surface area contributed by atoms with Gasteiger partial charge in [0, 0.05) is 25.7 Å². The van der Waals surface area contributed by atoms with Gasteiger partial charge in [0.2, 0.25) is 0 Å². The van der Waals surface area contributed by atoms with Crippen molar-refractivity contribution < 1.29 is 80.2 Å². The van der Waals surface area contributed by atoms with Gasteiger partial charge in [0.25, 0.3) is 0 Å². The first kappa shape index (κ1) is 99.0. The van der Waals surface area contributed by atoms with Crippen LogP contribution < -0.4 is 0 Å². The number of ether oxygens (including phenoxy) is 4. The predicted octanol–water partition coefficient (Wildman–Crippen LogP) is 24.5. The maximum atomic E-state index is 13.1. The number of carbonyl (C=O) groups is 4. The summed E-state index contributed by atoms with van der Waals surface area (Å²) < 4.78 is 68.7. The van der Waals surface area contributed by atoms with Crippen LogP contribution in [0, 0.1) is 0 Å². The third-order valence-corrected chi connectivity index (χ3v) is 20.2. The molecule has 0 saturated heterocycles. The SMILES string of the molecule is CCCCC/C=C\C/C=C\CCCCCCCC(=O)O[C@H](COC(=O)CCCCCCC/C=C\CCCCCCCC)COP(=O)(O)OC[C@@H](O)COP(=O)(O)OC[C@@H](COC(=O)CCCCCCCCCCCCCCCCCCC)OC(=O)CCCCCCC/C=C\CCCCCCCC. The van der Waals surface area contributed by atoms with Gasteiger partial charge in [-0.3, -0.25) is 37.3 Å². The highest BCUT2D eigenvalue weighted by Crippen LogP contribution is 2.45. The Morgan fingerprint density at radius 1 is 0.275 bits per heavy atom. The lowest BCUT2D eigenvalue weighted by Crippen LogP contribution is -2.30. The second-order valence-electron chi connectivity index (χ2n) is 28.4. The molecule has 5 atom stereocenters. The molecule has 0 amide bonds. The molecule has 0 aliphatic carbocycles. The van der Waals surface area contributed by atoms with Gasteiger partial charge in [-0.2, -0.15) is 0 Å².